The van der Waals surface area contributed by atoms with E-state index < -0.39 is 0 Å². The quantitative estimate of drug-likeness (QED) is 0.855. The Hall–Kier alpha value is -1.55. The SMILES string of the molecule is COC(=O)[C@@H]1CC(Oc2cccc3c2CCCC3)CN1. The lowest BCUT2D eigenvalue weighted by Gasteiger charge is -2.21. The van der Waals surface area contributed by atoms with Crippen LogP contribution in [0.2, 0.25) is 0 Å². The highest BCUT2D eigenvalue weighted by atomic mass is 16.5. The Morgan fingerprint density at radius 1 is 1.30 bits per heavy atom. The fraction of sp³-hybridized carbons (Fsp3) is 0.562. The van der Waals surface area contributed by atoms with Crippen molar-refractivity contribution in [3.05, 3.63) is 29.3 Å². The van der Waals surface area contributed by atoms with Crippen LogP contribution in [0.3, 0.4) is 0 Å². The van der Waals surface area contributed by atoms with Crippen molar-refractivity contribution in [2.24, 2.45) is 0 Å². The Bertz CT molecular complexity index is 500. The number of fused-ring (bicyclic) bond motifs is 1. The summed E-state index contributed by atoms with van der Waals surface area (Å²) in [5.41, 5.74) is 2.78. The summed E-state index contributed by atoms with van der Waals surface area (Å²) in [6, 6.07) is 6.09. The van der Waals surface area contributed by atoms with Gasteiger partial charge < -0.3 is 14.8 Å². The molecule has 1 aliphatic carbocycles. The van der Waals surface area contributed by atoms with Crippen LogP contribution in [0.25, 0.3) is 0 Å². The lowest BCUT2D eigenvalue weighted by atomic mass is 9.91. The fourth-order valence-electron chi connectivity index (χ4n) is 3.15. The van der Waals surface area contributed by atoms with Crippen molar-refractivity contribution in [3.63, 3.8) is 0 Å². The van der Waals surface area contributed by atoms with Gasteiger partial charge in [0.05, 0.1) is 7.11 Å². The van der Waals surface area contributed by atoms with Crippen LogP contribution in [0.1, 0.15) is 30.4 Å². The highest BCUT2D eigenvalue weighted by molar-refractivity contribution is 5.76. The summed E-state index contributed by atoms with van der Waals surface area (Å²) in [5, 5.41) is 3.16. The van der Waals surface area contributed by atoms with Crippen molar-refractivity contribution in [1.29, 1.82) is 0 Å². The Kier molecular flexibility index (Phi) is 3.92. The van der Waals surface area contributed by atoms with E-state index in [2.05, 4.69) is 23.5 Å². The summed E-state index contributed by atoms with van der Waals surface area (Å²) in [6.07, 6.45) is 5.49. The number of esters is 1. The van der Waals surface area contributed by atoms with Gasteiger partial charge in [-0.3, -0.25) is 4.79 Å². The minimum absolute atomic E-state index is 0.0486. The molecule has 0 radical (unpaired) electrons. The van der Waals surface area contributed by atoms with Crippen LogP contribution >= 0.6 is 0 Å². The molecule has 20 heavy (non-hydrogen) atoms. The number of hydrogen-bond acceptors (Lipinski definition) is 4. The normalized spacial score (nSPS) is 25.1. The van der Waals surface area contributed by atoms with E-state index >= 15 is 0 Å². The zero-order valence-electron chi connectivity index (χ0n) is 11.9. The first-order chi connectivity index (χ1) is 9.78. The van der Waals surface area contributed by atoms with Gasteiger partial charge in [-0.15, -0.1) is 0 Å². The van der Waals surface area contributed by atoms with Gasteiger partial charge in [0.15, 0.2) is 0 Å². The number of carbonyl (C=O) groups excluding carboxylic acids is 1. The zero-order valence-corrected chi connectivity index (χ0v) is 11.9. The van der Waals surface area contributed by atoms with Crippen LogP contribution in [0.4, 0.5) is 0 Å². The van der Waals surface area contributed by atoms with E-state index in [1.165, 1.54) is 31.1 Å². The molecule has 0 aromatic heterocycles. The van der Waals surface area contributed by atoms with Gasteiger partial charge in [-0.1, -0.05) is 12.1 Å². The second-order valence-electron chi connectivity index (χ2n) is 5.56. The van der Waals surface area contributed by atoms with Crippen molar-refractivity contribution in [3.8, 4) is 5.75 Å². The zero-order chi connectivity index (χ0) is 13.9. The van der Waals surface area contributed by atoms with E-state index in [1.54, 1.807) is 0 Å². The Morgan fingerprint density at radius 2 is 2.15 bits per heavy atom. The molecule has 0 amide bonds. The number of aryl methyl sites for hydroxylation is 1. The van der Waals surface area contributed by atoms with Gasteiger partial charge in [0.2, 0.25) is 0 Å². The lowest BCUT2D eigenvalue weighted by molar-refractivity contribution is -0.142. The summed E-state index contributed by atoms with van der Waals surface area (Å²) in [7, 11) is 1.42. The van der Waals surface area contributed by atoms with E-state index in [4.69, 9.17) is 9.47 Å². The molecule has 1 aromatic rings. The van der Waals surface area contributed by atoms with Gasteiger partial charge in [-0.25, -0.2) is 0 Å². The second-order valence-corrected chi connectivity index (χ2v) is 5.56. The smallest absolute Gasteiger partial charge is 0.323 e. The lowest BCUT2D eigenvalue weighted by Crippen LogP contribution is -2.31. The molecule has 4 nitrogen and oxygen atoms in total. The third kappa shape index (κ3) is 2.66. The van der Waals surface area contributed by atoms with E-state index in [1.807, 2.05) is 0 Å². The van der Waals surface area contributed by atoms with E-state index in [0.717, 1.165) is 18.6 Å². The van der Waals surface area contributed by atoms with Gasteiger partial charge in [0.25, 0.3) is 0 Å². The topological polar surface area (TPSA) is 47.6 Å². The molecular formula is C16H21NO3. The van der Waals surface area contributed by atoms with Crippen LogP contribution in [-0.4, -0.2) is 31.8 Å². The molecule has 0 saturated carbocycles. The van der Waals surface area contributed by atoms with Crippen molar-refractivity contribution in [1.82, 2.24) is 5.32 Å². The molecule has 108 valence electrons. The number of rotatable bonds is 3. The predicted molar refractivity (Wildman–Crippen MR) is 75.9 cm³/mol. The molecule has 1 unspecified atom stereocenters. The molecule has 1 fully saturated rings. The molecule has 2 aliphatic rings. The Morgan fingerprint density at radius 3 is 3.00 bits per heavy atom. The molecule has 0 spiro atoms. The van der Waals surface area contributed by atoms with E-state index in [0.29, 0.717) is 13.0 Å². The standard InChI is InChI=1S/C16H21NO3/c1-19-16(18)14-9-12(10-17-14)20-15-8-4-6-11-5-2-3-7-13(11)15/h4,6,8,12,14,17H,2-3,5,7,9-10H2,1H3/t12?,14-/m0/s1. The number of benzene rings is 1. The van der Waals surface area contributed by atoms with E-state index in [9.17, 15) is 4.79 Å². The molecule has 1 aliphatic heterocycles. The maximum atomic E-state index is 11.5. The van der Waals surface area contributed by atoms with Gasteiger partial charge in [0.1, 0.15) is 17.9 Å². The molecule has 4 heteroatoms. The van der Waals surface area contributed by atoms with Crippen LogP contribution in [-0.2, 0) is 22.4 Å². The van der Waals surface area contributed by atoms with Crippen LogP contribution in [0, 0.1) is 0 Å². The summed E-state index contributed by atoms with van der Waals surface area (Å²) in [6.45, 7) is 0.698. The predicted octanol–water partition coefficient (Wildman–Crippen LogP) is 1.85. The van der Waals surface area contributed by atoms with Crippen LogP contribution < -0.4 is 10.1 Å². The molecule has 1 heterocycles. The van der Waals surface area contributed by atoms with Crippen LogP contribution in [0.5, 0.6) is 5.75 Å². The molecule has 0 bridgehead atoms. The molecule has 2 atom stereocenters. The fourth-order valence-corrected chi connectivity index (χ4v) is 3.15. The highest BCUT2D eigenvalue weighted by Gasteiger charge is 2.31. The molecule has 3 rings (SSSR count). The molecule has 1 N–H and O–H groups in total. The number of methoxy groups -OCH3 is 1. The highest BCUT2D eigenvalue weighted by Crippen LogP contribution is 2.31. The van der Waals surface area contributed by atoms with Crippen molar-refractivity contribution in [2.45, 2.75) is 44.2 Å². The Balaban J connectivity index is 1.69. The summed E-state index contributed by atoms with van der Waals surface area (Å²) in [4.78, 5) is 11.5. The average Bonchev–Trinajstić information content (AvgIpc) is 2.95. The first kappa shape index (κ1) is 13.4. The Labute approximate surface area is 119 Å². The summed E-state index contributed by atoms with van der Waals surface area (Å²) >= 11 is 0. The van der Waals surface area contributed by atoms with Crippen molar-refractivity contribution >= 4 is 5.97 Å². The van der Waals surface area contributed by atoms with Crippen molar-refractivity contribution in [2.75, 3.05) is 13.7 Å². The number of nitrogens with one attached hydrogen (secondary N) is 1. The van der Waals surface area contributed by atoms with Gasteiger partial charge in [0, 0.05) is 13.0 Å². The first-order valence-electron chi connectivity index (χ1n) is 7.36. The second kappa shape index (κ2) is 5.83. The minimum Gasteiger partial charge on any atom is -0.489 e. The van der Waals surface area contributed by atoms with Gasteiger partial charge in [-0.05, 0) is 42.9 Å². The molecule has 1 saturated heterocycles. The van der Waals surface area contributed by atoms with Crippen LogP contribution in [0.15, 0.2) is 18.2 Å². The maximum Gasteiger partial charge on any atom is 0.323 e. The summed E-state index contributed by atoms with van der Waals surface area (Å²) < 4.78 is 10.9. The maximum absolute atomic E-state index is 11.5. The van der Waals surface area contributed by atoms with Gasteiger partial charge in [-0.2, -0.15) is 0 Å². The number of hydrogen-bond donors (Lipinski definition) is 1. The largest absolute Gasteiger partial charge is 0.489 e. The first-order valence-corrected chi connectivity index (χ1v) is 7.36. The van der Waals surface area contributed by atoms with Crippen molar-refractivity contribution < 1.29 is 14.3 Å². The summed E-state index contributed by atoms with van der Waals surface area (Å²) in [5.74, 6) is 0.797. The molecule has 1 aromatic carbocycles. The monoisotopic (exact) mass is 275 g/mol. The number of ether oxygens (including phenoxy) is 2. The third-order valence-corrected chi connectivity index (χ3v) is 4.22. The minimum atomic E-state index is -0.232. The third-order valence-electron chi connectivity index (χ3n) is 4.22. The van der Waals surface area contributed by atoms with E-state index in [-0.39, 0.29) is 18.1 Å². The average molecular weight is 275 g/mol. The van der Waals surface area contributed by atoms with Gasteiger partial charge >= 0.3 is 5.97 Å². The molecular weight excluding hydrogens is 254 g/mol. The number of carbonyl (C=O) groups is 1.